The Hall–Kier alpha value is -1.36. The second-order valence-corrected chi connectivity index (χ2v) is 4.35. The van der Waals surface area contributed by atoms with E-state index >= 15 is 0 Å². The van der Waals surface area contributed by atoms with E-state index in [0.717, 1.165) is 5.76 Å². The molecule has 0 aliphatic carbocycles. The Morgan fingerprint density at radius 2 is 2.27 bits per heavy atom. The number of rotatable bonds is 3. The van der Waals surface area contributed by atoms with Crippen LogP contribution >= 0.6 is 0 Å². The molecule has 0 saturated heterocycles. The summed E-state index contributed by atoms with van der Waals surface area (Å²) in [6.45, 7) is 6.38. The number of hydrogen-bond acceptors (Lipinski definition) is 4. The number of aromatic nitrogens is 1. The van der Waals surface area contributed by atoms with Crippen LogP contribution in [-0.4, -0.2) is 17.4 Å². The first-order valence-corrected chi connectivity index (χ1v) is 4.85. The summed E-state index contributed by atoms with van der Waals surface area (Å²) in [6, 6.07) is 0. The SMILES string of the molecule is CC(C)(C)c1cnc(CNC(=O)CN)o1. The molecule has 1 aromatic rings. The molecule has 1 heterocycles. The second-order valence-electron chi connectivity index (χ2n) is 4.35. The first-order valence-electron chi connectivity index (χ1n) is 4.85. The topological polar surface area (TPSA) is 81.2 Å². The number of carbonyl (C=O) groups excluding carboxylic acids is 1. The number of amides is 1. The molecule has 0 aromatic carbocycles. The third-order valence-electron chi connectivity index (χ3n) is 1.91. The van der Waals surface area contributed by atoms with Crippen molar-refractivity contribution in [1.29, 1.82) is 0 Å². The molecule has 0 fully saturated rings. The van der Waals surface area contributed by atoms with Crippen molar-refractivity contribution in [2.45, 2.75) is 32.7 Å². The molecular weight excluding hydrogens is 194 g/mol. The Kier molecular flexibility index (Phi) is 3.47. The van der Waals surface area contributed by atoms with E-state index in [9.17, 15) is 4.79 Å². The van der Waals surface area contributed by atoms with Gasteiger partial charge in [0.1, 0.15) is 5.76 Å². The van der Waals surface area contributed by atoms with Gasteiger partial charge in [-0.25, -0.2) is 4.98 Å². The molecule has 0 saturated carbocycles. The maximum atomic E-state index is 10.9. The minimum atomic E-state index is -0.217. The van der Waals surface area contributed by atoms with Gasteiger partial charge in [0.25, 0.3) is 0 Å². The lowest BCUT2D eigenvalue weighted by Gasteiger charge is -2.13. The first-order chi connectivity index (χ1) is 6.93. The Bertz CT molecular complexity index is 339. The number of nitrogens with zero attached hydrogens (tertiary/aromatic N) is 1. The Balaban J connectivity index is 2.58. The first kappa shape index (κ1) is 11.7. The maximum absolute atomic E-state index is 10.9. The maximum Gasteiger partial charge on any atom is 0.234 e. The van der Waals surface area contributed by atoms with Crippen LogP contribution in [0.4, 0.5) is 0 Å². The molecule has 1 rings (SSSR count). The third kappa shape index (κ3) is 3.36. The van der Waals surface area contributed by atoms with Gasteiger partial charge in [0.05, 0.1) is 19.3 Å². The highest BCUT2D eigenvalue weighted by molar-refractivity contribution is 5.77. The van der Waals surface area contributed by atoms with Gasteiger partial charge < -0.3 is 15.5 Å². The number of nitrogens with two attached hydrogens (primary N) is 1. The molecular formula is C10H17N3O2. The highest BCUT2D eigenvalue weighted by Gasteiger charge is 2.19. The number of nitrogens with one attached hydrogen (secondary N) is 1. The molecule has 0 unspecified atom stereocenters. The molecule has 0 spiro atoms. The summed E-state index contributed by atoms with van der Waals surface area (Å²) in [7, 11) is 0. The number of hydrogen-bond donors (Lipinski definition) is 2. The molecule has 1 aromatic heterocycles. The zero-order valence-electron chi connectivity index (χ0n) is 9.33. The predicted octanol–water partition coefficient (Wildman–Crippen LogP) is 0.547. The number of carbonyl (C=O) groups is 1. The molecule has 5 nitrogen and oxygen atoms in total. The highest BCUT2D eigenvalue weighted by Crippen LogP contribution is 2.22. The van der Waals surface area contributed by atoms with Gasteiger partial charge in [-0.05, 0) is 0 Å². The minimum absolute atomic E-state index is 0.0210. The van der Waals surface area contributed by atoms with Crippen LogP contribution in [0.15, 0.2) is 10.6 Å². The van der Waals surface area contributed by atoms with E-state index in [2.05, 4.69) is 10.3 Å². The highest BCUT2D eigenvalue weighted by atomic mass is 16.4. The van der Waals surface area contributed by atoms with Crippen LogP contribution in [0, 0.1) is 0 Å². The quantitative estimate of drug-likeness (QED) is 0.765. The molecule has 1 amide bonds. The van der Waals surface area contributed by atoms with Gasteiger partial charge in [0.2, 0.25) is 11.8 Å². The molecule has 5 heteroatoms. The van der Waals surface area contributed by atoms with Crippen molar-refractivity contribution in [2.24, 2.45) is 5.73 Å². The van der Waals surface area contributed by atoms with Crippen molar-refractivity contribution in [2.75, 3.05) is 6.54 Å². The van der Waals surface area contributed by atoms with Crippen molar-refractivity contribution >= 4 is 5.91 Å². The summed E-state index contributed by atoms with van der Waals surface area (Å²) in [5.41, 5.74) is 5.08. The van der Waals surface area contributed by atoms with Gasteiger partial charge in [-0.15, -0.1) is 0 Å². The normalized spacial score (nSPS) is 11.5. The molecule has 0 radical (unpaired) electrons. The van der Waals surface area contributed by atoms with E-state index < -0.39 is 0 Å². The van der Waals surface area contributed by atoms with Crippen molar-refractivity contribution < 1.29 is 9.21 Å². The van der Waals surface area contributed by atoms with Gasteiger partial charge in [-0.2, -0.15) is 0 Å². The lowest BCUT2D eigenvalue weighted by molar-refractivity contribution is -0.120. The van der Waals surface area contributed by atoms with Gasteiger partial charge in [-0.1, -0.05) is 20.8 Å². The van der Waals surface area contributed by atoms with Gasteiger partial charge >= 0.3 is 0 Å². The lowest BCUT2D eigenvalue weighted by atomic mass is 9.94. The fraction of sp³-hybridized carbons (Fsp3) is 0.600. The van der Waals surface area contributed by atoms with E-state index in [1.165, 1.54) is 0 Å². The van der Waals surface area contributed by atoms with Crippen LogP contribution in [-0.2, 0) is 16.8 Å². The molecule has 84 valence electrons. The van der Waals surface area contributed by atoms with E-state index in [-0.39, 0.29) is 24.4 Å². The summed E-state index contributed by atoms with van der Waals surface area (Å²) >= 11 is 0. The van der Waals surface area contributed by atoms with Crippen LogP contribution < -0.4 is 11.1 Å². The van der Waals surface area contributed by atoms with Crippen LogP contribution in [0.25, 0.3) is 0 Å². The monoisotopic (exact) mass is 211 g/mol. The summed E-state index contributed by atoms with van der Waals surface area (Å²) in [5.74, 6) is 1.09. The zero-order valence-corrected chi connectivity index (χ0v) is 9.33. The van der Waals surface area contributed by atoms with Gasteiger partial charge in [-0.3, -0.25) is 4.79 Å². The zero-order chi connectivity index (χ0) is 11.5. The van der Waals surface area contributed by atoms with E-state index in [0.29, 0.717) is 5.89 Å². The summed E-state index contributed by atoms with van der Waals surface area (Å²) in [6.07, 6.45) is 1.68. The Labute approximate surface area is 89.1 Å². The standard InChI is InChI=1S/C10H17N3O2/c1-10(2,3)7-5-13-9(15-7)6-12-8(14)4-11/h5H,4,6,11H2,1-3H3,(H,12,14). The van der Waals surface area contributed by atoms with Crippen LogP contribution in [0.1, 0.15) is 32.4 Å². The van der Waals surface area contributed by atoms with Crippen LogP contribution in [0.2, 0.25) is 0 Å². The predicted molar refractivity (Wildman–Crippen MR) is 56.1 cm³/mol. The smallest absolute Gasteiger partial charge is 0.234 e. The fourth-order valence-corrected chi connectivity index (χ4v) is 0.985. The molecule has 0 aliphatic heterocycles. The lowest BCUT2D eigenvalue weighted by Crippen LogP contribution is -2.29. The largest absolute Gasteiger partial charge is 0.443 e. The van der Waals surface area contributed by atoms with Crippen LogP contribution in [0.5, 0.6) is 0 Å². The second kappa shape index (κ2) is 4.44. The minimum Gasteiger partial charge on any atom is -0.443 e. The average Bonchev–Trinajstić information content (AvgIpc) is 2.61. The summed E-state index contributed by atoms with van der Waals surface area (Å²) in [5, 5.41) is 2.59. The Morgan fingerprint density at radius 1 is 1.60 bits per heavy atom. The molecule has 0 atom stereocenters. The van der Waals surface area contributed by atoms with E-state index in [4.69, 9.17) is 10.2 Å². The molecule has 3 N–H and O–H groups in total. The third-order valence-corrected chi connectivity index (χ3v) is 1.91. The fourth-order valence-electron chi connectivity index (χ4n) is 0.985. The molecule has 15 heavy (non-hydrogen) atoms. The van der Waals surface area contributed by atoms with Crippen molar-refractivity contribution in [3.8, 4) is 0 Å². The average molecular weight is 211 g/mol. The van der Waals surface area contributed by atoms with Gasteiger partial charge in [0.15, 0.2) is 0 Å². The summed E-state index contributed by atoms with van der Waals surface area (Å²) < 4.78 is 5.48. The van der Waals surface area contributed by atoms with E-state index in [1.54, 1.807) is 6.20 Å². The van der Waals surface area contributed by atoms with Crippen LogP contribution in [0.3, 0.4) is 0 Å². The molecule has 0 aliphatic rings. The van der Waals surface area contributed by atoms with Crippen molar-refractivity contribution in [1.82, 2.24) is 10.3 Å². The molecule has 0 bridgehead atoms. The van der Waals surface area contributed by atoms with Gasteiger partial charge in [0, 0.05) is 5.41 Å². The summed E-state index contributed by atoms with van der Waals surface area (Å²) in [4.78, 5) is 14.9. The number of oxazole rings is 1. The van der Waals surface area contributed by atoms with Crippen molar-refractivity contribution in [3.63, 3.8) is 0 Å². The van der Waals surface area contributed by atoms with E-state index in [1.807, 2.05) is 20.8 Å². The Morgan fingerprint density at radius 3 is 2.73 bits per heavy atom. The van der Waals surface area contributed by atoms with Crippen molar-refractivity contribution in [3.05, 3.63) is 17.8 Å².